The molecule has 0 saturated heterocycles. The van der Waals surface area contributed by atoms with Crippen LogP contribution in [0.25, 0.3) is 11.0 Å². The van der Waals surface area contributed by atoms with Gasteiger partial charge in [-0.1, -0.05) is 54.4 Å². The molecule has 0 radical (unpaired) electrons. The number of aryl methyl sites for hydroxylation is 1. The summed E-state index contributed by atoms with van der Waals surface area (Å²) in [4.78, 5) is 29.8. The summed E-state index contributed by atoms with van der Waals surface area (Å²) in [7, 11) is -3.99. The summed E-state index contributed by atoms with van der Waals surface area (Å²) in [6.07, 6.45) is -0.137. The summed E-state index contributed by atoms with van der Waals surface area (Å²) in [5.74, 6) is -0.963. The Kier molecular flexibility index (Phi) is 8.94. The number of amides is 1. The van der Waals surface area contributed by atoms with Crippen LogP contribution in [0, 0.1) is 6.92 Å². The second-order valence-electron chi connectivity index (χ2n) is 9.02. The van der Waals surface area contributed by atoms with Crippen LogP contribution in [0.4, 0.5) is 0 Å². The number of nitrogens with one attached hydrogen (secondary N) is 1. The highest BCUT2D eigenvalue weighted by Crippen LogP contribution is 2.25. The number of halogens is 2. The minimum atomic E-state index is -3.99. The molecule has 0 spiro atoms. The molecule has 0 aliphatic heterocycles. The van der Waals surface area contributed by atoms with E-state index >= 15 is 0 Å². The van der Waals surface area contributed by atoms with Gasteiger partial charge in [-0.05, 0) is 61.4 Å². The Morgan fingerprint density at radius 1 is 1.03 bits per heavy atom. The van der Waals surface area contributed by atoms with Gasteiger partial charge >= 0.3 is 5.97 Å². The van der Waals surface area contributed by atoms with Gasteiger partial charge in [0.25, 0.3) is 5.91 Å². The van der Waals surface area contributed by atoms with Crippen LogP contribution in [0.15, 0.2) is 66.7 Å². The fraction of sp³-hybridized carbons (Fsp3) is 0.250. The summed E-state index contributed by atoms with van der Waals surface area (Å²) in [6.45, 7) is 4.02. The van der Waals surface area contributed by atoms with E-state index in [1.807, 2.05) is 17.6 Å². The highest BCUT2D eigenvalue weighted by atomic mass is 35.5. The lowest BCUT2D eigenvalue weighted by molar-refractivity contribution is 0.0285. The van der Waals surface area contributed by atoms with Crippen molar-refractivity contribution in [1.82, 2.24) is 14.3 Å². The molecule has 39 heavy (non-hydrogen) atoms. The number of esters is 1. The molecule has 0 aliphatic rings. The number of carbonyl (C=O) groups excluding carboxylic acids is 2. The average Bonchev–Trinajstić information content (AvgIpc) is 3.22. The Morgan fingerprint density at radius 3 is 2.46 bits per heavy atom. The number of aromatic nitrogens is 2. The number of fused-ring (bicyclic) bond motifs is 1. The SMILES string of the molecule is CCC(CCS(=O)(=O)NC(=O)c1ccc2nc(C)n(Cc3ccc(Cl)cc3Cl)c2c1)OC(=O)c1ccccc1. The van der Waals surface area contributed by atoms with Gasteiger partial charge in [0.15, 0.2) is 0 Å². The van der Waals surface area contributed by atoms with Crippen molar-refractivity contribution in [3.63, 3.8) is 0 Å². The van der Waals surface area contributed by atoms with Crippen molar-refractivity contribution < 1.29 is 22.7 Å². The van der Waals surface area contributed by atoms with Gasteiger partial charge in [-0.15, -0.1) is 0 Å². The van der Waals surface area contributed by atoms with E-state index in [-0.39, 0.29) is 17.7 Å². The number of carbonyl (C=O) groups is 2. The normalized spacial score (nSPS) is 12.3. The third-order valence-corrected chi connectivity index (χ3v) is 8.10. The van der Waals surface area contributed by atoms with Crippen molar-refractivity contribution in [2.75, 3.05) is 5.75 Å². The maximum atomic E-state index is 12.9. The first-order chi connectivity index (χ1) is 18.6. The topological polar surface area (TPSA) is 107 Å². The number of benzene rings is 3. The molecule has 11 heteroatoms. The number of nitrogens with zero attached hydrogens (tertiary/aromatic N) is 2. The van der Waals surface area contributed by atoms with E-state index in [4.69, 9.17) is 27.9 Å². The summed E-state index contributed by atoms with van der Waals surface area (Å²) >= 11 is 12.4. The van der Waals surface area contributed by atoms with E-state index in [2.05, 4.69) is 9.71 Å². The van der Waals surface area contributed by atoms with Gasteiger partial charge < -0.3 is 9.30 Å². The van der Waals surface area contributed by atoms with Gasteiger partial charge in [0, 0.05) is 22.0 Å². The van der Waals surface area contributed by atoms with Crippen molar-refractivity contribution in [3.8, 4) is 0 Å². The zero-order valence-corrected chi connectivity index (χ0v) is 23.7. The third-order valence-electron chi connectivity index (χ3n) is 6.24. The molecule has 8 nitrogen and oxygen atoms in total. The number of hydrogen-bond acceptors (Lipinski definition) is 6. The van der Waals surface area contributed by atoms with Crippen molar-refractivity contribution in [3.05, 3.63) is 99.3 Å². The van der Waals surface area contributed by atoms with Crippen molar-refractivity contribution in [2.45, 2.75) is 39.3 Å². The van der Waals surface area contributed by atoms with Gasteiger partial charge in [-0.3, -0.25) is 4.79 Å². The molecule has 0 bridgehead atoms. The summed E-state index contributed by atoms with van der Waals surface area (Å²) in [5.41, 5.74) is 2.68. The number of rotatable bonds is 10. The molecule has 204 valence electrons. The maximum Gasteiger partial charge on any atom is 0.338 e. The first-order valence-electron chi connectivity index (χ1n) is 12.3. The quantitative estimate of drug-likeness (QED) is 0.235. The zero-order valence-electron chi connectivity index (χ0n) is 21.4. The predicted molar refractivity (Wildman–Crippen MR) is 152 cm³/mol. The van der Waals surface area contributed by atoms with E-state index < -0.39 is 28.0 Å². The average molecular weight is 589 g/mol. The third kappa shape index (κ3) is 7.17. The van der Waals surface area contributed by atoms with E-state index in [0.717, 1.165) is 5.56 Å². The fourth-order valence-electron chi connectivity index (χ4n) is 4.08. The molecule has 1 aromatic heterocycles. The van der Waals surface area contributed by atoms with Crippen molar-refractivity contribution in [1.29, 1.82) is 0 Å². The largest absolute Gasteiger partial charge is 0.459 e. The predicted octanol–water partition coefficient (Wildman–Crippen LogP) is 5.79. The first-order valence-corrected chi connectivity index (χ1v) is 14.7. The van der Waals surface area contributed by atoms with Crippen molar-refractivity contribution in [2.24, 2.45) is 0 Å². The molecular formula is C28H27Cl2N3O5S. The lowest BCUT2D eigenvalue weighted by Gasteiger charge is -2.16. The van der Waals surface area contributed by atoms with Gasteiger partial charge in [0.05, 0.1) is 28.9 Å². The smallest absolute Gasteiger partial charge is 0.338 e. The molecular weight excluding hydrogens is 561 g/mol. The van der Waals surface area contributed by atoms with E-state index in [9.17, 15) is 18.0 Å². The number of sulfonamides is 1. The second-order valence-corrected chi connectivity index (χ2v) is 11.7. The van der Waals surface area contributed by atoms with Crippen LogP contribution in [0.5, 0.6) is 0 Å². The molecule has 1 N–H and O–H groups in total. The van der Waals surface area contributed by atoms with Crippen LogP contribution in [0.2, 0.25) is 10.0 Å². The molecule has 1 heterocycles. The van der Waals surface area contributed by atoms with Crippen LogP contribution in [0.1, 0.15) is 51.9 Å². The molecule has 0 aliphatic carbocycles. The number of hydrogen-bond donors (Lipinski definition) is 1. The second kappa shape index (κ2) is 12.2. The molecule has 4 aromatic rings. The van der Waals surface area contributed by atoms with E-state index in [0.29, 0.717) is 45.4 Å². The van der Waals surface area contributed by atoms with E-state index in [1.54, 1.807) is 61.5 Å². The maximum absolute atomic E-state index is 12.9. The van der Waals surface area contributed by atoms with Gasteiger partial charge in [0.1, 0.15) is 11.9 Å². The molecule has 1 amide bonds. The monoisotopic (exact) mass is 587 g/mol. The first kappa shape index (κ1) is 28.6. The Labute approximate surface area is 237 Å². The molecule has 3 aromatic carbocycles. The Bertz CT molecular complexity index is 1620. The van der Waals surface area contributed by atoms with E-state index in [1.165, 1.54) is 6.07 Å². The highest BCUT2D eigenvalue weighted by molar-refractivity contribution is 7.90. The molecule has 1 atom stereocenters. The summed E-state index contributed by atoms with van der Waals surface area (Å²) in [6, 6.07) is 18.5. The van der Waals surface area contributed by atoms with Crippen LogP contribution in [-0.4, -0.2) is 41.7 Å². The Morgan fingerprint density at radius 2 is 1.77 bits per heavy atom. The van der Waals surface area contributed by atoms with Gasteiger partial charge in [-0.2, -0.15) is 0 Å². The molecule has 1 unspecified atom stereocenters. The molecule has 0 saturated carbocycles. The lowest BCUT2D eigenvalue weighted by atomic mass is 10.2. The number of imidazole rings is 1. The minimum absolute atomic E-state index is 0.0462. The number of ether oxygens (including phenoxy) is 1. The standard InChI is InChI=1S/C28H27Cl2N3O5S/c1-3-23(38-28(35)19-7-5-4-6-8-19)13-14-39(36,37)32-27(34)20-10-12-25-26(15-20)33(18(2)31-25)17-21-9-11-22(29)16-24(21)30/h4-12,15-16,23H,3,13-14,17H2,1-2H3,(H,32,34). The highest BCUT2D eigenvalue weighted by Gasteiger charge is 2.22. The van der Waals surface area contributed by atoms with Crippen LogP contribution >= 0.6 is 23.2 Å². The molecule has 4 rings (SSSR count). The molecule has 0 fully saturated rings. The fourth-order valence-corrected chi connectivity index (χ4v) is 5.63. The van der Waals surface area contributed by atoms with Gasteiger partial charge in [0.2, 0.25) is 10.0 Å². The Balaban J connectivity index is 1.44. The van der Waals surface area contributed by atoms with Crippen LogP contribution < -0.4 is 4.72 Å². The van der Waals surface area contributed by atoms with Crippen LogP contribution in [-0.2, 0) is 21.3 Å². The summed E-state index contributed by atoms with van der Waals surface area (Å²) < 4.78 is 34.9. The zero-order chi connectivity index (χ0) is 28.2. The van der Waals surface area contributed by atoms with Crippen LogP contribution in [0.3, 0.4) is 0 Å². The summed E-state index contributed by atoms with van der Waals surface area (Å²) in [5, 5.41) is 1.03. The van der Waals surface area contributed by atoms with Gasteiger partial charge in [-0.25, -0.2) is 22.9 Å². The Hall–Kier alpha value is -3.40. The van der Waals surface area contributed by atoms with Crippen molar-refractivity contribution >= 4 is 56.1 Å². The lowest BCUT2D eigenvalue weighted by Crippen LogP contribution is -2.34. The minimum Gasteiger partial charge on any atom is -0.459 e.